The fourth-order valence-corrected chi connectivity index (χ4v) is 5.34. The summed E-state index contributed by atoms with van der Waals surface area (Å²) in [6.45, 7) is -0.853. The van der Waals surface area contributed by atoms with E-state index in [1.165, 1.54) is 6.92 Å². The fraction of sp³-hybridized carbons (Fsp3) is 0.864. The molecule has 2 fully saturated rings. The van der Waals surface area contributed by atoms with Crippen molar-refractivity contribution in [1.29, 1.82) is 0 Å². The van der Waals surface area contributed by atoms with Crippen molar-refractivity contribution in [3.05, 3.63) is 11.8 Å². The van der Waals surface area contributed by atoms with Gasteiger partial charge in [-0.1, -0.05) is 0 Å². The quantitative estimate of drug-likeness (QED) is 0.0924. The molecule has 3 rings (SSSR count). The summed E-state index contributed by atoms with van der Waals surface area (Å²) in [6, 6.07) is 0. The molecule has 3 aliphatic heterocycles. The highest BCUT2D eigenvalue weighted by molar-refractivity contribution is 7.80. The van der Waals surface area contributed by atoms with E-state index in [4.69, 9.17) is 33.3 Å². The number of ether oxygens (including phenoxy) is 5. The first kappa shape index (κ1) is 33.9. The molecule has 0 spiro atoms. The van der Waals surface area contributed by atoms with Crippen LogP contribution in [-0.4, -0.2) is 160 Å². The van der Waals surface area contributed by atoms with Gasteiger partial charge >= 0.3 is 16.4 Å². The number of hydrogen-bond acceptors (Lipinski definition) is 16. The third-order valence-corrected chi connectivity index (χ3v) is 7.58. The van der Waals surface area contributed by atoms with E-state index in [0.29, 0.717) is 0 Å². The number of carbonyl (C=O) groups is 1. The van der Waals surface area contributed by atoms with Crippen LogP contribution in [0.15, 0.2) is 11.8 Å². The first-order chi connectivity index (χ1) is 19.1. The first-order valence-electron chi connectivity index (χ1n) is 12.6. The molecule has 13 unspecified atom stereocenters. The van der Waals surface area contributed by atoms with Crippen LogP contribution in [0.2, 0.25) is 0 Å². The number of aliphatic carboxylic acids is 1. The van der Waals surface area contributed by atoms with E-state index in [1.54, 1.807) is 0 Å². The second kappa shape index (κ2) is 14.3. The molecule has 13 atom stereocenters. The number of carboxylic acids is 1. The molecule has 41 heavy (non-hydrogen) atoms. The van der Waals surface area contributed by atoms with Gasteiger partial charge in [0, 0.05) is 11.8 Å². The van der Waals surface area contributed by atoms with Crippen molar-refractivity contribution in [3.8, 4) is 0 Å². The number of rotatable bonds is 12. The van der Waals surface area contributed by atoms with Crippen LogP contribution in [0, 0.1) is 11.8 Å². The van der Waals surface area contributed by atoms with Crippen molar-refractivity contribution >= 4 is 16.4 Å². The highest BCUT2D eigenvalue weighted by atomic mass is 32.3. The Morgan fingerprint density at radius 1 is 0.854 bits per heavy atom. The van der Waals surface area contributed by atoms with E-state index in [2.05, 4.69) is 4.18 Å². The average Bonchev–Trinajstić information content (AvgIpc) is 2.89. The van der Waals surface area contributed by atoms with Gasteiger partial charge in [0.1, 0.15) is 42.7 Å². The summed E-state index contributed by atoms with van der Waals surface area (Å²) in [5, 5.41) is 80.5. The van der Waals surface area contributed by atoms with Crippen LogP contribution >= 0.6 is 0 Å². The predicted octanol–water partition coefficient (Wildman–Crippen LogP) is -4.89. The number of carboxylic acid groups (broad SMARTS) is 1. The molecular weight excluding hydrogens is 584 g/mol. The van der Waals surface area contributed by atoms with E-state index in [9.17, 15) is 49.0 Å². The summed E-state index contributed by atoms with van der Waals surface area (Å²) in [4.78, 5) is 11.2. The molecule has 0 aromatic carbocycles. The Labute approximate surface area is 234 Å². The lowest BCUT2D eigenvalue weighted by Crippen LogP contribution is -2.59. The van der Waals surface area contributed by atoms with Crippen molar-refractivity contribution < 1.29 is 86.5 Å². The molecule has 9 N–H and O–H groups in total. The van der Waals surface area contributed by atoms with Crippen LogP contribution in [-0.2, 0) is 43.1 Å². The number of aliphatic hydroxyl groups excluding tert-OH is 7. The van der Waals surface area contributed by atoms with Crippen LogP contribution in [0.5, 0.6) is 0 Å². The Morgan fingerprint density at radius 3 is 2.05 bits per heavy atom. The minimum absolute atomic E-state index is 0.341. The molecule has 18 nitrogen and oxygen atoms in total. The van der Waals surface area contributed by atoms with Crippen LogP contribution in [0.25, 0.3) is 0 Å². The molecule has 0 radical (unpaired) electrons. The molecular formula is C22H36O18S. The van der Waals surface area contributed by atoms with Crippen molar-refractivity contribution in [2.45, 2.75) is 74.3 Å². The number of hydrogen-bond donors (Lipinski definition) is 9. The fourth-order valence-electron chi connectivity index (χ4n) is 4.83. The second-order valence-electron chi connectivity index (χ2n) is 9.96. The molecule has 0 saturated carbocycles. The molecule has 3 aliphatic rings. The lowest BCUT2D eigenvalue weighted by Gasteiger charge is -2.43. The van der Waals surface area contributed by atoms with Crippen molar-refractivity contribution in [3.63, 3.8) is 0 Å². The highest BCUT2D eigenvalue weighted by Gasteiger charge is 2.47. The van der Waals surface area contributed by atoms with Gasteiger partial charge in [-0.2, -0.15) is 8.42 Å². The Morgan fingerprint density at radius 2 is 1.46 bits per heavy atom. The zero-order valence-electron chi connectivity index (χ0n) is 21.7. The van der Waals surface area contributed by atoms with Crippen molar-refractivity contribution in [2.75, 3.05) is 33.0 Å². The second-order valence-corrected chi connectivity index (χ2v) is 11.0. The normalized spacial score (nSPS) is 41.9. The summed E-state index contributed by atoms with van der Waals surface area (Å²) < 4.78 is 62.5. The van der Waals surface area contributed by atoms with Gasteiger partial charge in [0.15, 0.2) is 12.4 Å². The highest BCUT2D eigenvalue weighted by Crippen LogP contribution is 2.32. The van der Waals surface area contributed by atoms with E-state index in [0.717, 1.165) is 6.08 Å². The van der Waals surface area contributed by atoms with Crippen molar-refractivity contribution in [2.24, 2.45) is 11.8 Å². The molecule has 0 aromatic rings. The van der Waals surface area contributed by atoms with E-state index >= 15 is 0 Å². The summed E-state index contributed by atoms with van der Waals surface area (Å²) in [7, 11) is -5.03. The van der Waals surface area contributed by atoms with Gasteiger partial charge in [-0.05, 0) is 13.0 Å². The Balaban J connectivity index is 1.63. The Kier molecular flexibility index (Phi) is 11.8. The van der Waals surface area contributed by atoms with E-state index in [1.807, 2.05) is 0 Å². The van der Waals surface area contributed by atoms with Crippen LogP contribution in [0.3, 0.4) is 0 Å². The molecule has 0 bridgehead atoms. The third-order valence-electron chi connectivity index (χ3n) is 7.11. The standard InChI is InChI=1S/C22H36O18S/c1-8-16(25)20(40-41(32,33)34)19(28)15(37-8)7-35-4-9-10(22(31)39-13(3-23)17(9)26)5-36-6-14-18(27)11(24)2-12(38-14)21(29)30/h2,8-11,13-20,22-28,31H,3-7H2,1H3,(H,29,30)(H,32,33,34). The molecule has 2 saturated heterocycles. The monoisotopic (exact) mass is 620 g/mol. The zero-order valence-corrected chi connectivity index (χ0v) is 22.5. The smallest absolute Gasteiger partial charge is 0.397 e. The van der Waals surface area contributed by atoms with Gasteiger partial charge in [0.2, 0.25) is 5.76 Å². The molecule has 3 heterocycles. The Bertz CT molecular complexity index is 1010. The maximum Gasteiger partial charge on any atom is 0.397 e. The summed E-state index contributed by atoms with van der Waals surface area (Å²) >= 11 is 0. The van der Waals surface area contributed by atoms with Gasteiger partial charge in [0.25, 0.3) is 0 Å². The van der Waals surface area contributed by atoms with Crippen LogP contribution in [0.1, 0.15) is 6.92 Å². The number of aliphatic hydroxyl groups is 7. The van der Waals surface area contributed by atoms with Crippen LogP contribution < -0.4 is 0 Å². The summed E-state index contributed by atoms with van der Waals surface area (Å²) in [6.07, 6.45) is -15.2. The average molecular weight is 621 g/mol. The first-order valence-corrected chi connectivity index (χ1v) is 13.9. The van der Waals surface area contributed by atoms with Gasteiger partial charge in [-0.3, -0.25) is 4.55 Å². The molecule has 19 heteroatoms. The van der Waals surface area contributed by atoms with Gasteiger partial charge in [0.05, 0.1) is 45.2 Å². The SMILES string of the molecule is CC1OC(COCC2C(O)C(CO)OC(O)C2COCC2OC(C(=O)O)=CC(O)C2O)C(O)C(OS(=O)(=O)O)C1O. The van der Waals surface area contributed by atoms with Gasteiger partial charge < -0.3 is 64.5 Å². The molecule has 238 valence electrons. The van der Waals surface area contributed by atoms with Crippen molar-refractivity contribution in [1.82, 2.24) is 0 Å². The predicted molar refractivity (Wildman–Crippen MR) is 128 cm³/mol. The summed E-state index contributed by atoms with van der Waals surface area (Å²) in [5.41, 5.74) is 0. The summed E-state index contributed by atoms with van der Waals surface area (Å²) in [5.74, 6) is -4.05. The lowest BCUT2D eigenvalue weighted by atomic mass is 9.83. The van der Waals surface area contributed by atoms with Gasteiger partial charge in [-0.25, -0.2) is 8.98 Å². The molecule has 0 amide bonds. The Hall–Kier alpha value is -1.56. The van der Waals surface area contributed by atoms with E-state index < -0.39 is 121 Å². The molecule has 0 aromatic heterocycles. The van der Waals surface area contributed by atoms with Crippen LogP contribution in [0.4, 0.5) is 0 Å². The maximum absolute atomic E-state index is 11.2. The minimum atomic E-state index is -5.03. The van der Waals surface area contributed by atoms with Gasteiger partial charge in [-0.15, -0.1) is 0 Å². The topological polar surface area (TPSA) is 289 Å². The largest absolute Gasteiger partial charge is 0.478 e. The zero-order chi connectivity index (χ0) is 30.6. The van der Waals surface area contributed by atoms with E-state index in [-0.39, 0.29) is 13.2 Å². The molecule has 0 aliphatic carbocycles. The minimum Gasteiger partial charge on any atom is -0.478 e. The maximum atomic E-state index is 11.2. The third kappa shape index (κ3) is 8.51. The lowest BCUT2D eigenvalue weighted by molar-refractivity contribution is -0.273.